The van der Waals surface area contributed by atoms with Crippen molar-refractivity contribution in [2.24, 2.45) is 4.99 Å². The molecule has 2 aliphatic heterocycles. The molecule has 2 fully saturated rings. The van der Waals surface area contributed by atoms with Gasteiger partial charge in [-0.15, -0.1) is 0 Å². The highest BCUT2D eigenvalue weighted by atomic mass is 16.5. The second-order valence-corrected chi connectivity index (χ2v) is 7.08. The predicted molar refractivity (Wildman–Crippen MR) is 110 cm³/mol. The number of ether oxygens (including phenoxy) is 2. The molecule has 1 amide bonds. The molecule has 0 saturated carbocycles. The normalized spacial score (nSPS) is 20.4. The molecule has 0 aromatic heterocycles. The van der Waals surface area contributed by atoms with Crippen LogP contribution in [0.1, 0.15) is 25.3 Å². The Morgan fingerprint density at radius 3 is 2.68 bits per heavy atom. The average Bonchev–Trinajstić information content (AvgIpc) is 3.27. The second-order valence-electron chi connectivity index (χ2n) is 7.08. The highest BCUT2D eigenvalue weighted by molar-refractivity contribution is 5.82. The Hall–Kier alpha value is -2.28. The lowest BCUT2D eigenvalue weighted by molar-refractivity contribution is -0.142. The molecule has 3 rings (SSSR count). The molecule has 7 heteroatoms. The van der Waals surface area contributed by atoms with Gasteiger partial charge in [0.1, 0.15) is 11.9 Å². The van der Waals surface area contributed by atoms with Gasteiger partial charge in [-0.3, -0.25) is 9.79 Å². The van der Waals surface area contributed by atoms with E-state index in [1.165, 1.54) is 5.56 Å². The first kappa shape index (κ1) is 20.5. The van der Waals surface area contributed by atoms with E-state index < -0.39 is 0 Å². The summed E-state index contributed by atoms with van der Waals surface area (Å²) < 4.78 is 11.2. The molecule has 2 heterocycles. The number of carbonyl (C=O) groups excluding carboxylic acids is 1. The summed E-state index contributed by atoms with van der Waals surface area (Å²) in [7, 11) is 1.81. The van der Waals surface area contributed by atoms with Gasteiger partial charge < -0.3 is 24.6 Å². The van der Waals surface area contributed by atoms with Gasteiger partial charge in [-0.2, -0.15) is 0 Å². The van der Waals surface area contributed by atoms with Crippen LogP contribution in [0.4, 0.5) is 0 Å². The largest absolute Gasteiger partial charge is 0.494 e. The third-order valence-corrected chi connectivity index (χ3v) is 5.26. The van der Waals surface area contributed by atoms with Gasteiger partial charge in [0.2, 0.25) is 0 Å². The molecule has 1 N–H and O–H groups in total. The Morgan fingerprint density at radius 1 is 1.25 bits per heavy atom. The Balaban J connectivity index is 1.45. The van der Waals surface area contributed by atoms with Crippen LogP contribution in [0, 0.1) is 0 Å². The molecule has 28 heavy (non-hydrogen) atoms. The first-order valence-corrected chi connectivity index (χ1v) is 10.3. The molecular weight excluding hydrogens is 356 g/mol. The fourth-order valence-corrected chi connectivity index (χ4v) is 3.76. The second kappa shape index (κ2) is 10.3. The minimum Gasteiger partial charge on any atom is -0.494 e. The molecule has 2 aliphatic rings. The summed E-state index contributed by atoms with van der Waals surface area (Å²) in [4.78, 5) is 21.1. The van der Waals surface area contributed by atoms with E-state index in [0.717, 1.165) is 50.6 Å². The van der Waals surface area contributed by atoms with Crippen LogP contribution in [0.2, 0.25) is 0 Å². The fraction of sp³-hybridized carbons (Fsp3) is 0.619. The van der Waals surface area contributed by atoms with Gasteiger partial charge in [-0.05, 0) is 37.8 Å². The number of piperazine rings is 1. The highest BCUT2D eigenvalue weighted by Gasteiger charge is 2.30. The van der Waals surface area contributed by atoms with Gasteiger partial charge in [0.15, 0.2) is 5.96 Å². The maximum absolute atomic E-state index is 12.5. The number of aliphatic imine (C=N–C) groups is 1. The number of hydrogen-bond donors (Lipinski definition) is 1. The van der Waals surface area contributed by atoms with E-state index in [0.29, 0.717) is 26.3 Å². The zero-order chi connectivity index (χ0) is 19.8. The van der Waals surface area contributed by atoms with Crippen molar-refractivity contribution in [1.82, 2.24) is 15.1 Å². The lowest BCUT2D eigenvalue weighted by atomic mass is 10.1. The predicted octanol–water partition coefficient (Wildman–Crippen LogP) is 1.53. The molecule has 1 aromatic carbocycles. The fourth-order valence-electron chi connectivity index (χ4n) is 3.76. The number of guanidine groups is 1. The van der Waals surface area contributed by atoms with E-state index in [1.54, 1.807) is 7.05 Å². The molecule has 0 bridgehead atoms. The molecule has 7 nitrogen and oxygen atoms in total. The standard InChI is InChI=1S/C21H32N4O3/c1-3-27-18-8-5-4-7-17(18)10-11-23-21(22-2)25-14-12-24(13-15-25)20(26)19-9-6-16-28-19/h4-5,7-8,19H,3,6,9-16H2,1-2H3,(H,22,23). The maximum Gasteiger partial charge on any atom is 0.251 e. The highest BCUT2D eigenvalue weighted by Crippen LogP contribution is 2.18. The molecule has 1 unspecified atom stereocenters. The first-order chi connectivity index (χ1) is 13.7. The summed E-state index contributed by atoms with van der Waals surface area (Å²) >= 11 is 0. The number of amides is 1. The zero-order valence-corrected chi connectivity index (χ0v) is 17.0. The molecule has 2 saturated heterocycles. The van der Waals surface area contributed by atoms with Gasteiger partial charge in [0.25, 0.3) is 5.91 Å². The first-order valence-electron chi connectivity index (χ1n) is 10.3. The molecular formula is C21H32N4O3. The van der Waals surface area contributed by atoms with Crippen molar-refractivity contribution in [3.8, 4) is 5.75 Å². The van der Waals surface area contributed by atoms with Crippen molar-refractivity contribution in [1.29, 1.82) is 0 Å². The van der Waals surface area contributed by atoms with Gasteiger partial charge in [0, 0.05) is 46.4 Å². The number of benzene rings is 1. The zero-order valence-electron chi connectivity index (χ0n) is 17.0. The smallest absolute Gasteiger partial charge is 0.251 e. The Kier molecular flexibility index (Phi) is 7.54. The van der Waals surface area contributed by atoms with E-state index in [4.69, 9.17) is 9.47 Å². The Labute approximate surface area is 167 Å². The topological polar surface area (TPSA) is 66.4 Å². The molecule has 154 valence electrons. The van der Waals surface area contributed by atoms with Crippen LogP contribution in [0.5, 0.6) is 5.75 Å². The lowest BCUT2D eigenvalue weighted by Gasteiger charge is -2.37. The number of carbonyl (C=O) groups is 1. The van der Waals surface area contributed by atoms with Crippen LogP contribution in [-0.4, -0.2) is 80.8 Å². The van der Waals surface area contributed by atoms with Crippen LogP contribution in [0.15, 0.2) is 29.3 Å². The van der Waals surface area contributed by atoms with Crippen molar-refractivity contribution in [3.63, 3.8) is 0 Å². The minimum atomic E-state index is -0.227. The van der Waals surface area contributed by atoms with Crippen LogP contribution >= 0.6 is 0 Å². The summed E-state index contributed by atoms with van der Waals surface area (Å²) in [6.45, 7) is 7.16. The summed E-state index contributed by atoms with van der Waals surface area (Å²) in [5.41, 5.74) is 1.19. The molecule has 1 aromatic rings. The van der Waals surface area contributed by atoms with E-state index in [1.807, 2.05) is 30.0 Å². The summed E-state index contributed by atoms with van der Waals surface area (Å²) in [6, 6.07) is 8.15. The summed E-state index contributed by atoms with van der Waals surface area (Å²) in [5.74, 6) is 1.98. The third-order valence-electron chi connectivity index (χ3n) is 5.26. The Bertz CT molecular complexity index is 665. The Morgan fingerprint density at radius 2 is 2.00 bits per heavy atom. The van der Waals surface area contributed by atoms with Crippen molar-refractivity contribution >= 4 is 11.9 Å². The van der Waals surface area contributed by atoms with Gasteiger partial charge in [-0.1, -0.05) is 18.2 Å². The molecule has 0 radical (unpaired) electrons. The number of rotatable bonds is 6. The minimum absolute atomic E-state index is 0.146. The van der Waals surface area contributed by atoms with Crippen molar-refractivity contribution < 1.29 is 14.3 Å². The number of nitrogens with one attached hydrogen (secondary N) is 1. The number of hydrogen-bond acceptors (Lipinski definition) is 4. The van der Waals surface area contributed by atoms with E-state index in [-0.39, 0.29) is 12.0 Å². The van der Waals surface area contributed by atoms with Crippen LogP contribution in [-0.2, 0) is 16.0 Å². The quantitative estimate of drug-likeness (QED) is 0.591. The van der Waals surface area contributed by atoms with Crippen LogP contribution in [0.3, 0.4) is 0 Å². The SMILES string of the molecule is CCOc1ccccc1CCNC(=NC)N1CCN(C(=O)C2CCCO2)CC1. The summed E-state index contributed by atoms with van der Waals surface area (Å²) in [5, 5.41) is 3.45. The van der Waals surface area contributed by atoms with Crippen molar-refractivity contribution in [2.45, 2.75) is 32.3 Å². The monoisotopic (exact) mass is 388 g/mol. The van der Waals surface area contributed by atoms with Gasteiger partial charge in [-0.25, -0.2) is 0 Å². The van der Waals surface area contributed by atoms with Gasteiger partial charge >= 0.3 is 0 Å². The number of nitrogens with zero attached hydrogens (tertiary/aromatic N) is 3. The van der Waals surface area contributed by atoms with E-state index in [2.05, 4.69) is 21.3 Å². The lowest BCUT2D eigenvalue weighted by Crippen LogP contribution is -2.55. The summed E-state index contributed by atoms with van der Waals surface area (Å²) in [6.07, 6.45) is 2.48. The number of para-hydroxylation sites is 1. The van der Waals surface area contributed by atoms with Crippen LogP contribution in [0.25, 0.3) is 0 Å². The van der Waals surface area contributed by atoms with Crippen LogP contribution < -0.4 is 10.1 Å². The van der Waals surface area contributed by atoms with Crippen molar-refractivity contribution in [2.75, 3.05) is 53.0 Å². The average molecular weight is 389 g/mol. The maximum atomic E-state index is 12.5. The molecule has 0 aliphatic carbocycles. The third kappa shape index (κ3) is 5.16. The van der Waals surface area contributed by atoms with E-state index >= 15 is 0 Å². The van der Waals surface area contributed by atoms with E-state index in [9.17, 15) is 4.79 Å². The van der Waals surface area contributed by atoms with Gasteiger partial charge in [0.05, 0.1) is 6.61 Å². The van der Waals surface area contributed by atoms with Crippen molar-refractivity contribution in [3.05, 3.63) is 29.8 Å². The molecule has 0 spiro atoms. The molecule has 1 atom stereocenters.